The Morgan fingerprint density at radius 2 is 1.85 bits per heavy atom. The fourth-order valence-electron chi connectivity index (χ4n) is 2.01. The van der Waals surface area contributed by atoms with Crippen molar-refractivity contribution in [1.29, 1.82) is 0 Å². The number of carbonyl (C=O) groups is 1. The second kappa shape index (κ2) is 6.85. The SMILES string of the molecule is CCc1ccc(C(=O)NCCc2cccc(F)c2)cc1. The van der Waals surface area contributed by atoms with E-state index >= 15 is 0 Å². The lowest BCUT2D eigenvalue weighted by Crippen LogP contribution is -2.25. The van der Waals surface area contributed by atoms with Gasteiger partial charge in [-0.25, -0.2) is 4.39 Å². The molecule has 0 aliphatic rings. The van der Waals surface area contributed by atoms with Crippen LogP contribution in [0.25, 0.3) is 0 Å². The zero-order chi connectivity index (χ0) is 14.4. The van der Waals surface area contributed by atoms with Crippen LogP contribution in [0.1, 0.15) is 28.4 Å². The molecule has 0 spiro atoms. The normalized spacial score (nSPS) is 10.3. The van der Waals surface area contributed by atoms with E-state index in [9.17, 15) is 9.18 Å². The lowest BCUT2D eigenvalue weighted by molar-refractivity contribution is 0.0954. The summed E-state index contributed by atoms with van der Waals surface area (Å²) >= 11 is 0. The Morgan fingerprint density at radius 3 is 2.50 bits per heavy atom. The number of hydrogen-bond donors (Lipinski definition) is 1. The van der Waals surface area contributed by atoms with Crippen LogP contribution in [0, 0.1) is 5.82 Å². The molecule has 0 unspecified atom stereocenters. The van der Waals surface area contributed by atoms with Gasteiger partial charge in [0.25, 0.3) is 5.91 Å². The Morgan fingerprint density at radius 1 is 1.10 bits per heavy atom. The molecule has 0 atom stereocenters. The van der Waals surface area contributed by atoms with Crippen LogP contribution in [-0.2, 0) is 12.8 Å². The van der Waals surface area contributed by atoms with Gasteiger partial charge in [-0.3, -0.25) is 4.79 Å². The third-order valence-electron chi connectivity index (χ3n) is 3.21. The first-order chi connectivity index (χ1) is 9.69. The van der Waals surface area contributed by atoms with Crippen molar-refractivity contribution in [3.63, 3.8) is 0 Å². The van der Waals surface area contributed by atoms with Crippen molar-refractivity contribution in [2.75, 3.05) is 6.54 Å². The van der Waals surface area contributed by atoms with E-state index in [4.69, 9.17) is 0 Å². The average Bonchev–Trinajstić information content (AvgIpc) is 2.47. The number of nitrogens with one attached hydrogen (secondary N) is 1. The van der Waals surface area contributed by atoms with Gasteiger partial charge in [-0.15, -0.1) is 0 Å². The first kappa shape index (κ1) is 14.3. The largest absolute Gasteiger partial charge is 0.352 e. The summed E-state index contributed by atoms with van der Waals surface area (Å²) < 4.78 is 13.0. The van der Waals surface area contributed by atoms with Crippen LogP contribution in [0.15, 0.2) is 48.5 Å². The van der Waals surface area contributed by atoms with Gasteiger partial charge in [-0.2, -0.15) is 0 Å². The predicted molar refractivity (Wildman–Crippen MR) is 78.3 cm³/mol. The van der Waals surface area contributed by atoms with E-state index in [1.165, 1.54) is 17.7 Å². The highest BCUT2D eigenvalue weighted by Gasteiger charge is 2.04. The van der Waals surface area contributed by atoms with Gasteiger partial charge in [-0.1, -0.05) is 31.2 Å². The number of rotatable bonds is 5. The van der Waals surface area contributed by atoms with E-state index in [1.807, 2.05) is 30.3 Å². The maximum atomic E-state index is 13.0. The van der Waals surface area contributed by atoms with Crippen LogP contribution in [-0.4, -0.2) is 12.5 Å². The molecule has 0 fully saturated rings. The summed E-state index contributed by atoms with van der Waals surface area (Å²) in [5.74, 6) is -0.340. The standard InChI is InChI=1S/C17H18FNO/c1-2-13-6-8-15(9-7-13)17(20)19-11-10-14-4-3-5-16(18)12-14/h3-9,12H,2,10-11H2,1H3,(H,19,20). The molecule has 0 bridgehead atoms. The summed E-state index contributed by atoms with van der Waals surface area (Å²) in [5, 5.41) is 2.84. The minimum absolute atomic E-state index is 0.0935. The maximum Gasteiger partial charge on any atom is 0.251 e. The van der Waals surface area contributed by atoms with Crippen molar-refractivity contribution in [2.45, 2.75) is 19.8 Å². The highest BCUT2D eigenvalue weighted by atomic mass is 19.1. The van der Waals surface area contributed by atoms with Gasteiger partial charge in [0.15, 0.2) is 0 Å². The predicted octanol–water partition coefficient (Wildman–Crippen LogP) is 3.36. The Balaban J connectivity index is 1.85. The average molecular weight is 271 g/mol. The van der Waals surface area contributed by atoms with Crippen molar-refractivity contribution in [2.24, 2.45) is 0 Å². The third-order valence-corrected chi connectivity index (χ3v) is 3.21. The number of aryl methyl sites for hydroxylation is 1. The number of carbonyl (C=O) groups excluding carboxylic acids is 1. The van der Waals surface area contributed by atoms with Crippen molar-refractivity contribution in [3.8, 4) is 0 Å². The summed E-state index contributed by atoms with van der Waals surface area (Å²) in [6.45, 7) is 2.58. The van der Waals surface area contributed by atoms with Crippen LogP contribution in [0.4, 0.5) is 4.39 Å². The van der Waals surface area contributed by atoms with Gasteiger partial charge in [-0.05, 0) is 48.2 Å². The topological polar surface area (TPSA) is 29.1 Å². The molecule has 20 heavy (non-hydrogen) atoms. The summed E-state index contributed by atoms with van der Waals surface area (Å²) in [5.41, 5.74) is 2.74. The van der Waals surface area contributed by atoms with Gasteiger partial charge >= 0.3 is 0 Å². The zero-order valence-electron chi connectivity index (χ0n) is 11.5. The van der Waals surface area contributed by atoms with Gasteiger partial charge in [0.2, 0.25) is 0 Å². The lowest BCUT2D eigenvalue weighted by atomic mass is 10.1. The smallest absolute Gasteiger partial charge is 0.251 e. The van der Waals surface area contributed by atoms with E-state index in [0.29, 0.717) is 18.5 Å². The number of hydrogen-bond acceptors (Lipinski definition) is 1. The molecule has 0 aliphatic heterocycles. The minimum Gasteiger partial charge on any atom is -0.352 e. The van der Waals surface area contributed by atoms with Gasteiger partial charge < -0.3 is 5.32 Å². The van der Waals surface area contributed by atoms with Crippen LogP contribution in [0.2, 0.25) is 0 Å². The van der Waals surface area contributed by atoms with Gasteiger partial charge in [0.05, 0.1) is 0 Å². The Bertz CT molecular complexity index is 578. The van der Waals surface area contributed by atoms with E-state index in [-0.39, 0.29) is 11.7 Å². The fraction of sp³-hybridized carbons (Fsp3) is 0.235. The summed E-state index contributed by atoms with van der Waals surface area (Å²) in [6.07, 6.45) is 1.58. The quantitative estimate of drug-likeness (QED) is 0.887. The molecule has 0 heterocycles. The van der Waals surface area contributed by atoms with Crippen LogP contribution in [0.3, 0.4) is 0 Å². The van der Waals surface area contributed by atoms with Crippen molar-refractivity contribution < 1.29 is 9.18 Å². The summed E-state index contributed by atoms with van der Waals surface area (Å²) in [4.78, 5) is 11.9. The van der Waals surface area contributed by atoms with Crippen LogP contribution in [0.5, 0.6) is 0 Å². The number of amides is 1. The zero-order valence-corrected chi connectivity index (χ0v) is 11.5. The van der Waals surface area contributed by atoms with Gasteiger partial charge in [0.1, 0.15) is 5.82 Å². The van der Waals surface area contributed by atoms with Crippen molar-refractivity contribution in [1.82, 2.24) is 5.32 Å². The molecule has 1 amide bonds. The van der Waals surface area contributed by atoms with E-state index < -0.39 is 0 Å². The Kier molecular flexibility index (Phi) is 4.88. The Hall–Kier alpha value is -2.16. The maximum absolute atomic E-state index is 13.0. The minimum atomic E-state index is -0.246. The van der Waals surface area contributed by atoms with Crippen LogP contribution < -0.4 is 5.32 Å². The van der Waals surface area contributed by atoms with E-state index in [0.717, 1.165) is 12.0 Å². The lowest BCUT2D eigenvalue weighted by Gasteiger charge is -2.06. The molecule has 0 aromatic heterocycles. The van der Waals surface area contributed by atoms with E-state index in [1.54, 1.807) is 6.07 Å². The molecule has 104 valence electrons. The van der Waals surface area contributed by atoms with Crippen LogP contribution >= 0.6 is 0 Å². The van der Waals surface area contributed by atoms with E-state index in [2.05, 4.69) is 12.2 Å². The molecule has 2 rings (SSSR count). The highest BCUT2D eigenvalue weighted by Crippen LogP contribution is 2.06. The number of halogens is 1. The van der Waals surface area contributed by atoms with Gasteiger partial charge in [0, 0.05) is 12.1 Å². The molecular weight excluding hydrogens is 253 g/mol. The first-order valence-electron chi connectivity index (χ1n) is 6.80. The van der Waals surface area contributed by atoms with Crippen molar-refractivity contribution in [3.05, 3.63) is 71.0 Å². The third kappa shape index (κ3) is 3.92. The second-order valence-electron chi connectivity index (χ2n) is 4.69. The molecule has 1 N–H and O–H groups in total. The summed E-state index contributed by atoms with van der Waals surface area (Å²) in [7, 11) is 0. The summed E-state index contributed by atoms with van der Waals surface area (Å²) in [6, 6.07) is 14.0. The molecule has 0 saturated heterocycles. The fourth-order valence-corrected chi connectivity index (χ4v) is 2.01. The monoisotopic (exact) mass is 271 g/mol. The molecule has 3 heteroatoms. The molecule has 0 radical (unpaired) electrons. The highest BCUT2D eigenvalue weighted by molar-refractivity contribution is 5.94. The number of benzene rings is 2. The molecule has 2 nitrogen and oxygen atoms in total. The second-order valence-corrected chi connectivity index (χ2v) is 4.69. The molecule has 0 saturated carbocycles. The molecule has 2 aromatic rings. The molecule has 0 aliphatic carbocycles. The molecule has 2 aromatic carbocycles. The first-order valence-corrected chi connectivity index (χ1v) is 6.80. The Labute approximate surface area is 118 Å². The molecular formula is C17H18FNO. The van der Waals surface area contributed by atoms with Crippen molar-refractivity contribution >= 4 is 5.91 Å².